The van der Waals surface area contributed by atoms with Crippen molar-refractivity contribution in [2.75, 3.05) is 6.54 Å². The van der Waals surface area contributed by atoms with E-state index in [2.05, 4.69) is 0 Å². The molecule has 1 heterocycles. The van der Waals surface area contributed by atoms with Crippen LogP contribution in [0.5, 0.6) is 0 Å². The second kappa shape index (κ2) is 5.87. The largest absolute Gasteiger partial charge is 0.445 e. The number of aliphatic hydroxyl groups excluding tert-OH is 1. The minimum Gasteiger partial charge on any atom is -0.445 e. The molecule has 0 saturated carbocycles. The normalized spacial score (nSPS) is 23.8. The Bertz CT molecular complexity index is 393. The molecule has 0 unspecified atom stereocenters. The highest BCUT2D eigenvalue weighted by Crippen LogP contribution is 2.18. The summed E-state index contributed by atoms with van der Waals surface area (Å²) in [6, 6.07) is 9.66. The van der Waals surface area contributed by atoms with E-state index in [0.717, 1.165) is 5.56 Å². The zero-order chi connectivity index (χ0) is 13.0. The van der Waals surface area contributed by atoms with Crippen molar-refractivity contribution >= 4 is 6.09 Å². The number of piperidine rings is 1. The molecule has 1 fully saturated rings. The number of hydrogen-bond acceptors (Lipinski definition) is 3. The summed E-state index contributed by atoms with van der Waals surface area (Å²) in [6.07, 6.45) is 0.669. The van der Waals surface area contributed by atoms with Crippen molar-refractivity contribution in [2.24, 2.45) is 0 Å². The van der Waals surface area contributed by atoms with E-state index in [9.17, 15) is 9.90 Å². The van der Waals surface area contributed by atoms with Gasteiger partial charge in [0.05, 0.1) is 6.10 Å². The lowest BCUT2D eigenvalue weighted by atomic mass is 10.0. The van der Waals surface area contributed by atoms with Crippen LogP contribution >= 0.6 is 0 Å². The highest BCUT2D eigenvalue weighted by molar-refractivity contribution is 5.68. The van der Waals surface area contributed by atoms with Gasteiger partial charge in [-0.05, 0) is 25.3 Å². The Morgan fingerprint density at radius 3 is 2.83 bits per heavy atom. The standard InChI is InChI=1S/C14H19NO3/c1-11-9-13(16)7-8-15(11)14(17)18-10-12-5-3-2-4-6-12/h2-6,11,13,16H,7-10H2,1H3/t11-,13-/m1/s1. The fourth-order valence-corrected chi connectivity index (χ4v) is 2.22. The molecule has 98 valence electrons. The second-order valence-corrected chi connectivity index (χ2v) is 4.76. The van der Waals surface area contributed by atoms with E-state index in [0.29, 0.717) is 26.0 Å². The molecule has 2 rings (SSSR count). The third-order valence-electron chi connectivity index (χ3n) is 3.29. The number of aliphatic hydroxyl groups is 1. The van der Waals surface area contributed by atoms with Crippen molar-refractivity contribution in [3.8, 4) is 0 Å². The van der Waals surface area contributed by atoms with E-state index in [-0.39, 0.29) is 18.2 Å². The summed E-state index contributed by atoms with van der Waals surface area (Å²) in [4.78, 5) is 13.6. The second-order valence-electron chi connectivity index (χ2n) is 4.76. The van der Waals surface area contributed by atoms with Crippen LogP contribution in [0.25, 0.3) is 0 Å². The molecule has 1 aromatic carbocycles. The average molecular weight is 249 g/mol. The molecule has 4 heteroatoms. The topological polar surface area (TPSA) is 49.8 Å². The molecule has 4 nitrogen and oxygen atoms in total. The van der Waals surface area contributed by atoms with Crippen LogP contribution in [0.2, 0.25) is 0 Å². The number of likely N-dealkylation sites (tertiary alicyclic amines) is 1. The first-order valence-electron chi connectivity index (χ1n) is 6.32. The van der Waals surface area contributed by atoms with Gasteiger partial charge in [-0.3, -0.25) is 0 Å². The molecule has 0 spiro atoms. The van der Waals surface area contributed by atoms with Gasteiger partial charge in [-0.1, -0.05) is 30.3 Å². The molecule has 2 atom stereocenters. The molecule has 1 saturated heterocycles. The van der Waals surface area contributed by atoms with E-state index in [1.807, 2.05) is 37.3 Å². The summed E-state index contributed by atoms with van der Waals surface area (Å²) in [5, 5.41) is 9.51. The number of benzene rings is 1. The van der Waals surface area contributed by atoms with E-state index in [4.69, 9.17) is 4.74 Å². The van der Waals surface area contributed by atoms with Gasteiger partial charge in [0.25, 0.3) is 0 Å². The van der Waals surface area contributed by atoms with Gasteiger partial charge in [0, 0.05) is 12.6 Å². The summed E-state index contributed by atoms with van der Waals surface area (Å²) in [5.74, 6) is 0. The Balaban J connectivity index is 1.85. The maximum Gasteiger partial charge on any atom is 0.410 e. The summed E-state index contributed by atoms with van der Waals surface area (Å²) < 4.78 is 5.28. The molecule has 18 heavy (non-hydrogen) atoms. The first kappa shape index (κ1) is 12.9. The van der Waals surface area contributed by atoms with Gasteiger partial charge in [-0.15, -0.1) is 0 Å². The molecule has 1 N–H and O–H groups in total. The molecule has 1 aliphatic heterocycles. The fourth-order valence-electron chi connectivity index (χ4n) is 2.22. The van der Waals surface area contributed by atoms with Gasteiger partial charge in [0.1, 0.15) is 6.61 Å². The van der Waals surface area contributed by atoms with E-state index in [1.54, 1.807) is 4.90 Å². The summed E-state index contributed by atoms with van der Waals surface area (Å²) >= 11 is 0. The SMILES string of the molecule is C[C@@H]1C[C@H](O)CCN1C(=O)OCc1ccccc1. The third kappa shape index (κ3) is 3.23. The number of rotatable bonds is 2. The molecular weight excluding hydrogens is 230 g/mol. The van der Waals surface area contributed by atoms with Crippen LogP contribution in [0.1, 0.15) is 25.3 Å². The quantitative estimate of drug-likeness (QED) is 0.874. The Morgan fingerprint density at radius 2 is 2.17 bits per heavy atom. The van der Waals surface area contributed by atoms with Crippen LogP contribution in [0.15, 0.2) is 30.3 Å². The number of amides is 1. The van der Waals surface area contributed by atoms with Gasteiger partial charge >= 0.3 is 6.09 Å². The van der Waals surface area contributed by atoms with Crippen molar-refractivity contribution < 1.29 is 14.6 Å². The fraction of sp³-hybridized carbons (Fsp3) is 0.500. The maximum absolute atomic E-state index is 11.9. The zero-order valence-electron chi connectivity index (χ0n) is 10.6. The van der Waals surface area contributed by atoms with Gasteiger partial charge in [-0.2, -0.15) is 0 Å². The highest BCUT2D eigenvalue weighted by Gasteiger charge is 2.28. The molecule has 1 aromatic rings. The number of hydrogen-bond donors (Lipinski definition) is 1. The van der Waals surface area contributed by atoms with Gasteiger partial charge in [-0.25, -0.2) is 4.79 Å². The third-order valence-corrected chi connectivity index (χ3v) is 3.29. The summed E-state index contributed by atoms with van der Waals surface area (Å²) in [6.45, 7) is 2.80. The van der Waals surface area contributed by atoms with Gasteiger partial charge in [0.15, 0.2) is 0 Å². The van der Waals surface area contributed by atoms with Crippen molar-refractivity contribution in [3.05, 3.63) is 35.9 Å². The minimum absolute atomic E-state index is 0.0389. The number of nitrogens with zero attached hydrogens (tertiary/aromatic N) is 1. The molecule has 0 bridgehead atoms. The minimum atomic E-state index is -0.293. The summed E-state index contributed by atoms with van der Waals surface area (Å²) in [5.41, 5.74) is 0.982. The zero-order valence-corrected chi connectivity index (χ0v) is 10.6. The predicted molar refractivity (Wildman–Crippen MR) is 68.0 cm³/mol. The van der Waals surface area contributed by atoms with Gasteiger partial charge in [0.2, 0.25) is 0 Å². The van der Waals surface area contributed by atoms with Crippen LogP contribution in [0.4, 0.5) is 4.79 Å². The Labute approximate surface area is 107 Å². The molecule has 0 aliphatic carbocycles. The lowest BCUT2D eigenvalue weighted by molar-refractivity contribution is 0.0316. The summed E-state index contributed by atoms with van der Waals surface area (Å²) in [7, 11) is 0. The van der Waals surface area contributed by atoms with Crippen molar-refractivity contribution in [1.29, 1.82) is 0 Å². The Morgan fingerprint density at radius 1 is 1.44 bits per heavy atom. The molecule has 0 aromatic heterocycles. The molecule has 0 radical (unpaired) electrons. The van der Waals surface area contributed by atoms with Crippen LogP contribution < -0.4 is 0 Å². The molecule has 1 aliphatic rings. The average Bonchev–Trinajstić information content (AvgIpc) is 2.37. The number of ether oxygens (including phenoxy) is 1. The van der Waals surface area contributed by atoms with E-state index in [1.165, 1.54) is 0 Å². The van der Waals surface area contributed by atoms with Crippen molar-refractivity contribution in [3.63, 3.8) is 0 Å². The molecular formula is C14H19NO3. The van der Waals surface area contributed by atoms with Crippen LogP contribution in [-0.4, -0.2) is 34.8 Å². The lowest BCUT2D eigenvalue weighted by Crippen LogP contribution is -2.46. The van der Waals surface area contributed by atoms with E-state index < -0.39 is 0 Å². The Hall–Kier alpha value is -1.55. The first-order valence-corrected chi connectivity index (χ1v) is 6.32. The lowest BCUT2D eigenvalue weighted by Gasteiger charge is -2.34. The van der Waals surface area contributed by atoms with Crippen molar-refractivity contribution in [1.82, 2.24) is 4.90 Å². The number of carbonyl (C=O) groups excluding carboxylic acids is 1. The van der Waals surface area contributed by atoms with Crippen LogP contribution in [0.3, 0.4) is 0 Å². The van der Waals surface area contributed by atoms with Crippen LogP contribution in [-0.2, 0) is 11.3 Å². The highest BCUT2D eigenvalue weighted by atomic mass is 16.6. The first-order chi connectivity index (χ1) is 8.66. The Kier molecular flexibility index (Phi) is 4.20. The monoisotopic (exact) mass is 249 g/mol. The van der Waals surface area contributed by atoms with Crippen LogP contribution in [0, 0.1) is 0 Å². The maximum atomic E-state index is 11.9. The molecule has 1 amide bonds. The smallest absolute Gasteiger partial charge is 0.410 e. The van der Waals surface area contributed by atoms with E-state index >= 15 is 0 Å². The number of carbonyl (C=O) groups is 1. The predicted octanol–water partition coefficient (Wildman–Crippen LogP) is 2.17. The van der Waals surface area contributed by atoms with Crippen molar-refractivity contribution in [2.45, 2.75) is 38.5 Å². The van der Waals surface area contributed by atoms with Gasteiger partial charge < -0.3 is 14.7 Å².